The van der Waals surface area contributed by atoms with Crippen molar-refractivity contribution in [3.63, 3.8) is 0 Å². The third-order valence-electron chi connectivity index (χ3n) is 4.05. The number of carbonyl (C=O) groups is 2. The molecule has 3 aromatic rings. The maximum absolute atomic E-state index is 12.5. The summed E-state index contributed by atoms with van der Waals surface area (Å²) in [6.07, 6.45) is 1.16. The van der Waals surface area contributed by atoms with Crippen molar-refractivity contribution in [1.82, 2.24) is 0 Å². The predicted molar refractivity (Wildman–Crippen MR) is 109 cm³/mol. The number of non-ortho nitro benzene ring substituents is 1. The highest BCUT2D eigenvalue weighted by atomic mass is 16.6. The first-order chi connectivity index (χ1) is 14.0. The van der Waals surface area contributed by atoms with Crippen LogP contribution in [0.3, 0.4) is 0 Å². The molecule has 0 saturated heterocycles. The molecule has 2 amide bonds. The van der Waals surface area contributed by atoms with Gasteiger partial charge in [0.15, 0.2) is 5.76 Å². The van der Waals surface area contributed by atoms with Crippen molar-refractivity contribution in [3.05, 3.63) is 76.5 Å². The fourth-order valence-corrected chi connectivity index (χ4v) is 2.71. The number of hydrogen-bond donors (Lipinski definition) is 2. The number of rotatable bonds is 7. The molecule has 0 saturated carbocycles. The van der Waals surface area contributed by atoms with Crippen LogP contribution in [0.5, 0.6) is 0 Å². The molecule has 3 rings (SSSR count). The van der Waals surface area contributed by atoms with Crippen LogP contribution in [0.1, 0.15) is 30.3 Å². The molecule has 1 aromatic heterocycles. The monoisotopic (exact) mass is 393 g/mol. The molecule has 0 bridgehead atoms. The van der Waals surface area contributed by atoms with E-state index in [9.17, 15) is 19.7 Å². The van der Waals surface area contributed by atoms with E-state index in [-0.39, 0.29) is 17.4 Å². The molecule has 2 aromatic carbocycles. The Morgan fingerprint density at radius 1 is 1.00 bits per heavy atom. The Labute approximate surface area is 166 Å². The van der Waals surface area contributed by atoms with E-state index < -0.39 is 10.8 Å². The Hall–Kier alpha value is -3.94. The van der Waals surface area contributed by atoms with Gasteiger partial charge in [-0.2, -0.15) is 0 Å². The van der Waals surface area contributed by atoms with Crippen molar-refractivity contribution < 1.29 is 18.9 Å². The Kier molecular flexibility index (Phi) is 6.03. The maximum atomic E-state index is 12.5. The Morgan fingerprint density at radius 2 is 1.72 bits per heavy atom. The van der Waals surface area contributed by atoms with Crippen LogP contribution in [-0.2, 0) is 4.79 Å². The second-order valence-electron chi connectivity index (χ2n) is 6.30. The largest absolute Gasteiger partial charge is 0.451 e. The zero-order chi connectivity index (χ0) is 20.8. The average Bonchev–Trinajstić information content (AvgIpc) is 3.19. The smallest absolute Gasteiger partial charge is 0.291 e. The minimum atomic E-state index is -0.494. The molecule has 148 valence electrons. The Balaban J connectivity index is 1.72. The number of hydrogen-bond acceptors (Lipinski definition) is 5. The van der Waals surface area contributed by atoms with Gasteiger partial charge in [-0.05, 0) is 36.8 Å². The summed E-state index contributed by atoms with van der Waals surface area (Å²) in [7, 11) is 0. The van der Waals surface area contributed by atoms with Gasteiger partial charge in [0.2, 0.25) is 5.91 Å². The van der Waals surface area contributed by atoms with E-state index in [1.165, 1.54) is 18.2 Å². The molecule has 0 unspecified atom stereocenters. The molecule has 8 heteroatoms. The average molecular weight is 393 g/mol. The van der Waals surface area contributed by atoms with E-state index in [0.29, 0.717) is 29.1 Å². The molecule has 29 heavy (non-hydrogen) atoms. The highest BCUT2D eigenvalue weighted by molar-refractivity contribution is 6.03. The summed E-state index contributed by atoms with van der Waals surface area (Å²) in [4.78, 5) is 34.6. The number of furan rings is 1. The van der Waals surface area contributed by atoms with Gasteiger partial charge in [-0.1, -0.05) is 25.1 Å². The number of anilines is 2. The fraction of sp³-hybridized carbons (Fsp3) is 0.143. The summed E-state index contributed by atoms with van der Waals surface area (Å²) in [6.45, 7) is 1.92. The van der Waals surface area contributed by atoms with Gasteiger partial charge in [0.1, 0.15) is 5.76 Å². The van der Waals surface area contributed by atoms with Crippen molar-refractivity contribution in [2.45, 2.75) is 19.8 Å². The van der Waals surface area contributed by atoms with Gasteiger partial charge in [-0.15, -0.1) is 0 Å². The number of amides is 2. The topological polar surface area (TPSA) is 114 Å². The summed E-state index contributed by atoms with van der Waals surface area (Å²) in [5.74, 6) is -0.159. The van der Waals surface area contributed by atoms with Crippen LogP contribution < -0.4 is 10.6 Å². The predicted octanol–water partition coefficient (Wildman–Crippen LogP) is 4.85. The van der Waals surface area contributed by atoms with Crippen LogP contribution in [0.4, 0.5) is 17.1 Å². The quantitative estimate of drug-likeness (QED) is 0.440. The maximum Gasteiger partial charge on any atom is 0.291 e. The number of nitro groups is 1. The molecular formula is C21H19N3O5. The van der Waals surface area contributed by atoms with Crippen molar-refractivity contribution in [1.29, 1.82) is 0 Å². The van der Waals surface area contributed by atoms with E-state index >= 15 is 0 Å². The van der Waals surface area contributed by atoms with Crippen molar-refractivity contribution in [2.24, 2.45) is 0 Å². The number of carbonyl (C=O) groups excluding carboxylic acids is 2. The minimum absolute atomic E-state index is 0.0620. The molecular weight excluding hydrogens is 374 g/mol. The number of nitrogens with zero attached hydrogens (tertiary/aromatic N) is 1. The highest BCUT2D eigenvalue weighted by Crippen LogP contribution is 2.26. The third kappa shape index (κ3) is 5.07. The van der Waals surface area contributed by atoms with E-state index in [1.54, 1.807) is 42.5 Å². The molecule has 0 aliphatic carbocycles. The summed E-state index contributed by atoms with van der Waals surface area (Å²) in [6, 6.07) is 15.8. The zero-order valence-electron chi connectivity index (χ0n) is 15.7. The second kappa shape index (κ2) is 8.83. The van der Waals surface area contributed by atoms with Crippen molar-refractivity contribution in [2.75, 3.05) is 10.6 Å². The first-order valence-electron chi connectivity index (χ1n) is 9.02. The van der Waals surface area contributed by atoms with Crippen LogP contribution in [0.25, 0.3) is 11.3 Å². The number of nitro benzene ring substituents is 1. The molecule has 0 radical (unpaired) electrons. The van der Waals surface area contributed by atoms with Crippen molar-refractivity contribution in [3.8, 4) is 11.3 Å². The molecule has 2 N–H and O–H groups in total. The molecule has 0 fully saturated rings. The van der Waals surface area contributed by atoms with E-state index in [2.05, 4.69) is 10.6 Å². The Morgan fingerprint density at radius 3 is 2.45 bits per heavy atom. The van der Waals surface area contributed by atoms with Crippen LogP contribution >= 0.6 is 0 Å². The normalized spacial score (nSPS) is 10.4. The summed E-state index contributed by atoms with van der Waals surface area (Å²) in [5, 5.41) is 16.4. The minimum Gasteiger partial charge on any atom is -0.451 e. The zero-order valence-corrected chi connectivity index (χ0v) is 15.7. The lowest BCUT2D eigenvalue weighted by atomic mass is 10.1. The summed E-state index contributed by atoms with van der Waals surface area (Å²) in [5.41, 5.74) is 1.52. The second-order valence-corrected chi connectivity index (χ2v) is 6.30. The first-order valence-corrected chi connectivity index (χ1v) is 9.02. The van der Waals surface area contributed by atoms with Crippen LogP contribution in [0.15, 0.2) is 65.1 Å². The third-order valence-corrected chi connectivity index (χ3v) is 4.05. The van der Waals surface area contributed by atoms with Gasteiger partial charge in [0.05, 0.1) is 4.92 Å². The number of nitrogens with one attached hydrogen (secondary N) is 2. The van der Waals surface area contributed by atoms with Gasteiger partial charge in [0.25, 0.3) is 11.6 Å². The fourth-order valence-electron chi connectivity index (χ4n) is 2.71. The lowest BCUT2D eigenvalue weighted by Gasteiger charge is -2.08. The molecule has 0 aliphatic rings. The standard InChI is InChI=1S/C21H19N3O5/c1-2-5-20(25)22-15-7-4-8-16(13-15)23-21(26)19-11-10-18(29-19)14-6-3-9-17(12-14)24(27)28/h3-4,6-13H,2,5H2,1H3,(H,22,25)(H,23,26). The van der Waals surface area contributed by atoms with Crippen LogP contribution in [0.2, 0.25) is 0 Å². The highest BCUT2D eigenvalue weighted by Gasteiger charge is 2.15. The number of benzene rings is 2. The summed E-state index contributed by atoms with van der Waals surface area (Å²) >= 11 is 0. The van der Waals surface area contributed by atoms with Gasteiger partial charge in [-0.3, -0.25) is 19.7 Å². The Bertz CT molecular complexity index is 1060. The van der Waals surface area contributed by atoms with Gasteiger partial charge in [0, 0.05) is 35.5 Å². The first kappa shape index (κ1) is 19.8. The van der Waals surface area contributed by atoms with Crippen molar-refractivity contribution >= 4 is 28.9 Å². The van der Waals surface area contributed by atoms with Crippen LogP contribution in [-0.4, -0.2) is 16.7 Å². The van der Waals surface area contributed by atoms with E-state index in [4.69, 9.17) is 4.42 Å². The molecule has 8 nitrogen and oxygen atoms in total. The lowest BCUT2D eigenvalue weighted by Crippen LogP contribution is -2.13. The SMILES string of the molecule is CCCC(=O)Nc1cccc(NC(=O)c2ccc(-c3cccc([N+](=O)[O-])c3)o2)c1. The molecule has 0 spiro atoms. The molecule has 0 atom stereocenters. The van der Waals surface area contributed by atoms with Gasteiger partial charge >= 0.3 is 0 Å². The molecule has 0 aliphatic heterocycles. The lowest BCUT2D eigenvalue weighted by molar-refractivity contribution is -0.384. The van der Waals surface area contributed by atoms with E-state index in [0.717, 1.165) is 6.42 Å². The molecule has 1 heterocycles. The van der Waals surface area contributed by atoms with Gasteiger partial charge < -0.3 is 15.1 Å². The van der Waals surface area contributed by atoms with Gasteiger partial charge in [-0.25, -0.2) is 0 Å². The van der Waals surface area contributed by atoms with Crippen LogP contribution in [0, 0.1) is 10.1 Å². The summed E-state index contributed by atoms with van der Waals surface area (Å²) < 4.78 is 5.56. The van der Waals surface area contributed by atoms with E-state index in [1.807, 2.05) is 6.92 Å².